The Bertz CT molecular complexity index is 1250. The molecule has 0 bridgehead atoms. The van der Waals surface area contributed by atoms with Gasteiger partial charge in [0.2, 0.25) is 27.7 Å². The topological polar surface area (TPSA) is 115 Å². The van der Waals surface area contributed by atoms with E-state index in [4.69, 9.17) is 9.15 Å². The van der Waals surface area contributed by atoms with E-state index < -0.39 is 10.0 Å². The second-order valence-corrected chi connectivity index (χ2v) is 10.0. The molecule has 1 saturated heterocycles. The van der Waals surface area contributed by atoms with E-state index in [0.29, 0.717) is 37.2 Å². The second kappa shape index (κ2) is 10.4. The van der Waals surface area contributed by atoms with E-state index >= 15 is 0 Å². The van der Waals surface area contributed by atoms with Gasteiger partial charge in [0.1, 0.15) is 10.6 Å². The molecule has 34 heavy (non-hydrogen) atoms. The molecule has 1 aromatic heterocycles. The minimum absolute atomic E-state index is 0.0636. The van der Waals surface area contributed by atoms with E-state index in [2.05, 4.69) is 15.5 Å². The first-order chi connectivity index (χ1) is 16.4. The normalized spacial score (nSPS) is 14.3. The predicted molar refractivity (Wildman–Crippen MR) is 127 cm³/mol. The molecule has 0 saturated carbocycles. The van der Waals surface area contributed by atoms with Gasteiger partial charge in [-0.1, -0.05) is 17.7 Å². The first-order valence-corrected chi connectivity index (χ1v) is 12.8. The monoisotopic (exact) mass is 484 g/mol. The van der Waals surface area contributed by atoms with E-state index in [0.717, 1.165) is 24.0 Å². The van der Waals surface area contributed by atoms with E-state index in [1.54, 1.807) is 19.1 Å². The highest BCUT2D eigenvalue weighted by Gasteiger charge is 2.30. The lowest BCUT2D eigenvalue weighted by molar-refractivity contribution is -0.116. The highest BCUT2D eigenvalue weighted by Crippen LogP contribution is 2.31. The molecular weight excluding hydrogens is 456 g/mol. The third kappa shape index (κ3) is 5.45. The van der Waals surface area contributed by atoms with E-state index in [1.807, 2.05) is 31.2 Å². The molecule has 1 aliphatic rings. The van der Waals surface area contributed by atoms with Crippen molar-refractivity contribution in [2.24, 2.45) is 0 Å². The van der Waals surface area contributed by atoms with Gasteiger partial charge in [0.05, 0.1) is 6.61 Å². The summed E-state index contributed by atoms with van der Waals surface area (Å²) in [5.41, 5.74) is 2.33. The Morgan fingerprint density at radius 2 is 1.85 bits per heavy atom. The van der Waals surface area contributed by atoms with Crippen LogP contribution < -0.4 is 10.1 Å². The number of nitrogens with zero attached hydrogens (tertiary/aromatic N) is 3. The molecule has 1 amide bonds. The zero-order valence-corrected chi connectivity index (χ0v) is 20.1. The van der Waals surface area contributed by atoms with Crippen molar-refractivity contribution in [3.8, 4) is 17.2 Å². The van der Waals surface area contributed by atoms with Gasteiger partial charge in [-0.05, 0) is 57.0 Å². The van der Waals surface area contributed by atoms with Crippen LogP contribution >= 0.6 is 0 Å². The maximum absolute atomic E-state index is 13.1. The zero-order valence-electron chi connectivity index (χ0n) is 19.3. The number of ether oxygens (including phenoxy) is 1. The number of benzene rings is 2. The summed E-state index contributed by atoms with van der Waals surface area (Å²) in [6.45, 7) is 5.10. The number of amides is 1. The SMILES string of the molecule is CCOc1ccc(NC(=O)CCc2nnc(-c3ccc(C)cc3)o2)cc1S(=O)(=O)N1CCCC1. The van der Waals surface area contributed by atoms with Crippen LogP contribution in [0.3, 0.4) is 0 Å². The molecule has 2 aromatic carbocycles. The highest BCUT2D eigenvalue weighted by molar-refractivity contribution is 7.89. The van der Waals surface area contributed by atoms with Crippen molar-refractivity contribution in [3.63, 3.8) is 0 Å². The van der Waals surface area contributed by atoms with Crippen molar-refractivity contribution in [2.75, 3.05) is 25.0 Å². The fraction of sp³-hybridized carbons (Fsp3) is 0.375. The largest absolute Gasteiger partial charge is 0.492 e. The lowest BCUT2D eigenvalue weighted by Crippen LogP contribution is -2.28. The quantitative estimate of drug-likeness (QED) is 0.491. The fourth-order valence-corrected chi connectivity index (χ4v) is 5.42. The smallest absolute Gasteiger partial charge is 0.247 e. The molecule has 1 fully saturated rings. The first-order valence-electron chi connectivity index (χ1n) is 11.3. The molecule has 180 valence electrons. The van der Waals surface area contributed by atoms with E-state index in [9.17, 15) is 13.2 Å². The maximum Gasteiger partial charge on any atom is 0.247 e. The second-order valence-electron chi connectivity index (χ2n) is 8.12. The molecule has 0 aliphatic carbocycles. The van der Waals surface area contributed by atoms with Crippen LogP contribution in [-0.4, -0.2) is 48.5 Å². The molecular formula is C24H28N4O5S. The highest BCUT2D eigenvalue weighted by atomic mass is 32.2. The van der Waals surface area contributed by atoms with Crippen LogP contribution in [0.2, 0.25) is 0 Å². The summed E-state index contributed by atoms with van der Waals surface area (Å²) >= 11 is 0. The molecule has 3 aromatic rings. The van der Waals surface area contributed by atoms with Gasteiger partial charge in [-0.3, -0.25) is 4.79 Å². The van der Waals surface area contributed by atoms with Gasteiger partial charge in [0.15, 0.2) is 0 Å². The number of anilines is 1. The maximum atomic E-state index is 13.1. The third-order valence-corrected chi connectivity index (χ3v) is 7.46. The summed E-state index contributed by atoms with van der Waals surface area (Å²) in [5, 5.41) is 10.8. The lowest BCUT2D eigenvalue weighted by atomic mass is 10.1. The minimum atomic E-state index is -3.71. The first kappa shape index (κ1) is 23.9. The molecule has 2 heterocycles. The Morgan fingerprint density at radius 3 is 2.56 bits per heavy atom. The Balaban J connectivity index is 1.42. The lowest BCUT2D eigenvalue weighted by Gasteiger charge is -2.19. The number of aromatic nitrogens is 2. The number of carbonyl (C=O) groups is 1. The Morgan fingerprint density at radius 1 is 1.12 bits per heavy atom. The van der Waals surface area contributed by atoms with Crippen LogP contribution in [0.5, 0.6) is 5.75 Å². The van der Waals surface area contributed by atoms with Crippen molar-refractivity contribution < 1.29 is 22.4 Å². The number of sulfonamides is 1. The molecule has 0 unspecified atom stereocenters. The van der Waals surface area contributed by atoms with Crippen molar-refractivity contribution in [3.05, 3.63) is 53.9 Å². The summed E-state index contributed by atoms with van der Waals surface area (Å²) in [6.07, 6.45) is 2.04. The van der Waals surface area contributed by atoms with Crippen LogP contribution in [0, 0.1) is 6.92 Å². The van der Waals surface area contributed by atoms with Gasteiger partial charge in [0, 0.05) is 37.2 Å². The van der Waals surface area contributed by atoms with Crippen LogP contribution in [0.15, 0.2) is 51.8 Å². The summed E-state index contributed by atoms with van der Waals surface area (Å²) in [6, 6.07) is 12.4. The van der Waals surface area contributed by atoms with Crippen molar-refractivity contribution in [2.45, 2.75) is 44.4 Å². The molecule has 9 nitrogen and oxygen atoms in total. The van der Waals surface area contributed by atoms with Gasteiger partial charge in [0.25, 0.3) is 0 Å². The number of hydrogen-bond acceptors (Lipinski definition) is 7. The van der Waals surface area contributed by atoms with Crippen LogP contribution in [0.1, 0.15) is 37.6 Å². The van der Waals surface area contributed by atoms with Gasteiger partial charge in [-0.2, -0.15) is 4.31 Å². The summed E-state index contributed by atoms with van der Waals surface area (Å²) in [7, 11) is -3.71. The number of hydrogen-bond donors (Lipinski definition) is 1. The summed E-state index contributed by atoms with van der Waals surface area (Å²) in [5.74, 6) is 0.749. The molecule has 0 spiro atoms. The van der Waals surface area contributed by atoms with E-state index in [-0.39, 0.29) is 29.4 Å². The summed E-state index contributed by atoms with van der Waals surface area (Å²) in [4.78, 5) is 12.6. The van der Waals surface area contributed by atoms with Gasteiger partial charge in [-0.15, -0.1) is 10.2 Å². The Kier molecular flexibility index (Phi) is 7.28. The van der Waals surface area contributed by atoms with Crippen molar-refractivity contribution in [1.29, 1.82) is 0 Å². The number of nitrogens with one attached hydrogen (secondary N) is 1. The van der Waals surface area contributed by atoms with Crippen LogP contribution in [0.25, 0.3) is 11.5 Å². The fourth-order valence-electron chi connectivity index (χ4n) is 3.74. The molecule has 1 N–H and O–H groups in total. The number of rotatable bonds is 9. The van der Waals surface area contributed by atoms with Crippen molar-refractivity contribution in [1.82, 2.24) is 14.5 Å². The number of carbonyl (C=O) groups excluding carboxylic acids is 1. The van der Waals surface area contributed by atoms with Crippen molar-refractivity contribution >= 4 is 21.6 Å². The minimum Gasteiger partial charge on any atom is -0.492 e. The van der Waals surface area contributed by atoms with Crippen LogP contribution in [0.4, 0.5) is 5.69 Å². The predicted octanol–water partition coefficient (Wildman–Crippen LogP) is 3.80. The van der Waals surface area contributed by atoms with Crippen LogP contribution in [-0.2, 0) is 21.2 Å². The Labute approximate surface area is 199 Å². The van der Waals surface area contributed by atoms with E-state index in [1.165, 1.54) is 10.4 Å². The molecule has 0 radical (unpaired) electrons. The zero-order chi connectivity index (χ0) is 24.1. The standard InChI is InChI=1S/C24H28N4O5S/c1-3-32-20-11-10-19(16-21(20)34(30,31)28-14-4-5-15-28)25-22(29)12-13-23-26-27-24(33-23)18-8-6-17(2)7-9-18/h6-11,16H,3-5,12-15H2,1-2H3,(H,25,29). The Hall–Kier alpha value is -3.24. The van der Waals surface area contributed by atoms with Gasteiger partial charge in [-0.25, -0.2) is 8.42 Å². The molecule has 10 heteroatoms. The van der Waals surface area contributed by atoms with Gasteiger partial charge < -0.3 is 14.5 Å². The summed E-state index contributed by atoms with van der Waals surface area (Å²) < 4.78 is 38.9. The average molecular weight is 485 g/mol. The number of aryl methyl sites for hydroxylation is 2. The molecule has 4 rings (SSSR count). The third-order valence-electron chi connectivity index (χ3n) is 5.54. The molecule has 1 aliphatic heterocycles. The van der Waals surface area contributed by atoms with Gasteiger partial charge >= 0.3 is 0 Å². The molecule has 0 atom stereocenters. The average Bonchev–Trinajstić information content (AvgIpc) is 3.52.